The Labute approximate surface area is 133 Å². The van der Waals surface area contributed by atoms with Crippen LogP contribution in [-0.4, -0.2) is 11.7 Å². The summed E-state index contributed by atoms with van der Waals surface area (Å²) in [5.74, 6) is -0.620. The van der Waals surface area contributed by atoms with Gasteiger partial charge in [-0.1, -0.05) is 18.2 Å². The molecule has 0 bridgehead atoms. The Kier molecular flexibility index (Phi) is 5.66. The van der Waals surface area contributed by atoms with E-state index in [0.717, 1.165) is 11.3 Å². The maximum absolute atomic E-state index is 13.5. The van der Waals surface area contributed by atoms with Crippen molar-refractivity contribution in [2.75, 3.05) is 11.9 Å². The van der Waals surface area contributed by atoms with Gasteiger partial charge in [0.1, 0.15) is 23.1 Å². The zero-order chi connectivity index (χ0) is 15.9. The van der Waals surface area contributed by atoms with Gasteiger partial charge in [-0.25, -0.2) is 8.78 Å². The van der Waals surface area contributed by atoms with Crippen molar-refractivity contribution >= 4 is 23.0 Å². The minimum atomic E-state index is -0.692. The van der Waals surface area contributed by atoms with Gasteiger partial charge in [-0.2, -0.15) is 0 Å². The second-order valence-electron chi connectivity index (χ2n) is 4.48. The summed E-state index contributed by atoms with van der Waals surface area (Å²) in [5.41, 5.74) is 0.687. The molecule has 0 aliphatic heterocycles. The van der Waals surface area contributed by atoms with Crippen molar-refractivity contribution in [3.8, 4) is 5.75 Å². The van der Waals surface area contributed by atoms with E-state index >= 15 is 0 Å². The molecule has 0 heterocycles. The van der Waals surface area contributed by atoms with Gasteiger partial charge < -0.3 is 15.4 Å². The largest absolute Gasteiger partial charge is 0.494 e. The van der Waals surface area contributed by atoms with Gasteiger partial charge in [0.05, 0.1) is 6.61 Å². The molecule has 6 heteroatoms. The molecule has 2 rings (SSSR count). The van der Waals surface area contributed by atoms with Crippen LogP contribution < -0.4 is 15.4 Å². The van der Waals surface area contributed by atoms with Crippen molar-refractivity contribution in [2.45, 2.75) is 13.5 Å². The fourth-order valence-electron chi connectivity index (χ4n) is 1.87. The number of hydrogen-bond donors (Lipinski definition) is 2. The van der Waals surface area contributed by atoms with E-state index in [-0.39, 0.29) is 10.8 Å². The molecule has 2 aromatic carbocycles. The number of halogens is 2. The molecule has 0 saturated carbocycles. The van der Waals surface area contributed by atoms with Crippen molar-refractivity contribution in [3.05, 3.63) is 59.7 Å². The van der Waals surface area contributed by atoms with Crippen LogP contribution in [0.25, 0.3) is 0 Å². The van der Waals surface area contributed by atoms with Crippen LogP contribution in [0.5, 0.6) is 5.75 Å². The molecule has 116 valence electrons. The first-order valence-corrected chi connectivity index (χ1v) is 7.21. The van der Waals surface area contributed by atoms with Crippen molar-refractivity contribution in [2.24, 2.45) is 0 Å². The lowest BCUT2D eigenvalue weighted by molar-refractivity contribution is 0.340. The molecule has 0 saturated heterocycles. The van der Waals surface area contributed by atoms with E-state index in [4.69, 9.17) is 17.0 Å². The van der Waals surface area contributed by atoms with Crippen LogP contribution in [0.1, 0.15) is 12.5 Å². The maximum Gasteiger partial charge on any atom is 0.171 e. The quantitative estimate of drug-likeness (QED) is 0.819. The molecular formula is C16H16F2N2OS. The molecule has 2 N–H and O–H groups in total. The zero-order valence-corrected chi connectivity index (χ0v) is 12.8. The highest BCUT2D eigenvalue weighted by molar-refractivity contribution is 7.80. The minimum Gasteiger partial charge on any atom is -0.494 e. The monoisotopic (exact) mass is 322 g/mol. The lowest BCUT2D eigenvalue weighted by Crippen LogP contribution is -2.28. The maximum atomic E-state index is 13.5. The average Bonchev–Trinajstić information content (AvgIpc) is 2.50. The summed E-state index contributed by atoms with van der Waals surface area (Å²) in [6.45, 7) is 2.92. The molecule has 0 aliphatic rings. The van der Waals surface area contributed by atoms with Gasteiger partial charge in [0.15, 0.2) is 5.11 Å². The molecule has 2 aromatic rings. The summed E-state index contributed by atoms with van der Waals surface area (Å²) >= 11 is 5.05. The first-order valence-electron chi connectivity index (χ1n) is 6.80. The number of anilines is 1. The highest BCUT2D eigenvalue weighted by Crippen LogP contribution is 2.18. The highest BCUT2D eigenvalue weighted by atomic mass is 32.1. The standard InChI is InChI=1S/C16H16F2N2OS/c1-2-21-12-6-3-5-11(9-12)10-19-16(22)20-15-13(17)7-4-8-14(15)18/h3-9H,2,10H2,1H3,(H2,19,20,22). The SMILES string of the molecule is CCOc1cccc(CNC(=S)Nc2c(F)cccc2F)c1. The van der Waals surface area contributed by atoms with Crippen molar-refractivity contribution in [3.63, 3.8) is 0 Å². The summed E-state index contributed by atoms with van der Waals surface area (Å²) in [5, 5.41) is 5.57. The Morgan fingerprint density at radius 1 is 1.14 bits per heavy atom. The number of thiocarbonyl (C=S) groups is 1. The lowest BCUT2D eigenvalue weighted by atomic mass is 10.2. The number of ether oxygens (including phenoxy) is 1. The minimum absolute atomic E-state index is 0.144. The number of nitrogens with one attached hydrogen (secondary N) is 2. The van der Waals surface area contributed by atoms with Gasteiger partial charge in [-0.3, -0.25) is 0 Å². The second-order valence-corrected chi connectivity index (χ2v) is 4.89. The molecule has 0 spiro atoms. The molecule has 0 aliphatic carbocycles. The molecule has 3 nitrogen and oxygen atoms in total. The van der Waals surface area contributed by atoms with Crippen molar-refractivity contribution in [1.29, 1.82) is 0 Å². The Hall–Kier alpha value is -2.21. The molecule has 0 radical (unpaired) electrons. The summed E-state index contributed by atoms with van der Waals surface area (Å²) in [6, 6.07) is 11.1. The van der Waals surface area contributed by atoms with E-state index in [2.05, 4.69) is 10.6 Å². The third-order valence-electron chi connectivity index (χ3n) is 2.86. The highest BCUT2D eigenvalue weighted by Gasteiger charge is 2.09. The Bertz CT molecular complexity index is 644. The number of benzene rings is 2. The van der Waals surface area contributed by atoms with Gasteiger partial charge in [-0.15, -0.1) is 0 Å². The summed E-state index contributed by atoms with van der Waals surface area (Å²) in [6.07, 6.45) is 0. The Morgan fingerprint density at radius 3 is 2.50 bits per heavy atom. The molecule has 0 amide bonds. The fraction of sp³-hybridized carbons (Fsp3) is 0.188. The van der Waals surface area contributed by atoms with Crippen molar-refractivity contribution < 1.29 is 13.5 Å². The number of para-hydroxylation sites is 1. The van der Waals surface area contributed by atoms with E-state index in [1.807, 2.05) is 31.2 Å². The van der Waals surface area contributed by atoms with Gasteiger partial charge in [-0.05, 0) is 49.0 Å². The smallest absolute Gasteiger partial charge is 0.171 e. The normalized spacial score (nSPS) is 10.1. The second kappa shape index (κ2) is 7.70. The lowest BCUT2D eigenvalue weighted by Gasteiger charge is -2.12. The predicted octanol–water partition coefficient (Wildman–Crippen LogP) is 3.85. The van der Waals surface area contributed by atoms with Crippen LogP contribution in [-0.2, 0) is 6.54 Å². The first-order chi connectivity index (χ1) is 10.6. The van der Waals surface area contributed by atoms with Crippen LogP contribution in [0.3, 0.4) is 0 Å². The van der Waals surface area contributed by atoms with Crippen molar-refractivity contribution in [1.82, 2.24) is 5.32 Å². The van der Waals surface area contributed by atoms with Crippen LogP contribution in [0.4, 0.5) is 14.5 Å². The summed E-state index contributed by atoms with van der Waals surface area (Å²) in [7, 11) is 0. The van der Waals surface area contributed by atoms with Gasteiger partial charge in [0.2, 0.25) is 0 Å². The van der Waals surface area contributed by atoms with E-state index < -0.39 is 11.6 Å². The molecular weight excluding hydrogens is 306 g/mol. The Morgan fingerprint density at radius 2 is 1.82 bits per heavy atom. The molecule has 0 unspecified atom stereocenters. The predicted molar refractivity (Wildman–Crippen MR) is 87.0 cm³/mol. The van der Waals surface area contributed by atoms with Gasteiger partial charge in [0.25, 0.3) is 0 Å². The summed E-state index contributed by atoms with van der Waals surface area (Å²) < 4.78 is 32.4. The molecule has 0 atom stereocenters. The fourth-order valence-corrected chi connectivity index (χ4v) is 2.04. The molecule has 22 heavy (non-hydrogen) atoms. The number of rotatable bonds is 5. The van der Waals surface area contributed by atoms with Crippen LogP contribution in [0.15, 0.2) is 42.5 Å². The molecule has 0 aromatic heterocycles. The topological polar surface area (TPSA) is 33.3 Å². The number of hydrogen-bond acceptors (Lipinski definition) is 2. The summed E-state index contributed by atoms with van der Waals surface area (Å²) in [4.78, 5) is 0. The van der Waals surface area contributed by atoms with Crippen LogP contribution in [0.2, 0.25) is 0 Å². The zero-order valence-electron chi connectivity index (χ0n) is 12.0. The van der Waals surface area contributed by atoms with E-state index in [9.17, 15) is 8.78 Å². The first kappa shape index (κ1) is 16.2. The third-order valence-corrected chi connectivity index (χ3v) is 3.11. The third kappa shape index (κ3) is 4.39. The average molecular weight is 322 g/mol. The van der Waals surface area contributed by atoms with Crippen LogP contribution in [0, 0.1) is 11.6 Å². The van der Waals surface area contributed by atoms with E-state index in [1.165, 1.54) is 18.2 Å². The van der Waals surface area contributed by atoms with Gasteiger partial charge >= 0.3 is 0 Å². The molecule has 0 fully saturated rings. The van der Waals surface area contributed by atoms with Gasteiger partial charge in [0, 0.05) is 6.54 Å². The van der Waals surface area contributed by atoms with E-state index in [1.54, 1.807) is 0 Å². The van der Waals surface area contributed by atoms with Crippen LogP contribution >= 0.6 is 12.2 Å². The Balaban J connectivity index is 1.94. The van der Waals surface area contributed by atoms with E-state index in [0.29, 0.717) is 13.2 Å².